The van der Waals surface area contributed by atoms with Crippen molar-refractivity contribution in [3.05, 3.63) is 17.7 Å². The van der Waals surface area contributed by atoms with Crippen molar-refractivity contribution in [3.8, 4) is 17.2 Å². The van der Waals surface area contributed by atoms with Gasteiger partial charge in [0.2, 0.25) is 5.75 Å². The molecule has 0 aromatic heterocycles. The summed E-state index contributed by atoms with van der Waals surface area (Å²) in [6.45, 7) is 10.9. The largest absolute Gasteiger partial charge is 0.490 e. The van der Waals surface area contributed by atoms with Crippen molar-refractivity contribution in [2.45, 2.75) is 20.8 Å². The second kappa shape index (κ2) is 7.95. The van der Waals surface area contributed by atoms with Crippen LogP contribution in [0.1, 0.15) is 31.1 Å². The van der Waals surface area contributed by atoms with Crippen molar-refractivity contribution in [3.63, 3.8) is 0 Å². The third kappa shape index (κ3) is 3.68. The fourth-order valence-electron chi connectivity index (χ4n) is 3.72. The van der Waals surface area contributed by atoms with Gasteiger partial charge in [-0.2, -0.15) is 0 Å². The monoisotopic (exact) mass is 348 g/mol. The first-order chi connectivity index (χ1) is 12.2. The first-order valence-electron chi connectivity index (χ1n) is 9.24. The zero-order chi connectivity index (χ0) is 17.8. The number of ether oxygens (including phenoxy) is 3. The summed E-state index contributed by atoms with van der Waals surface area (Å²) >= 11 is 0. The maximum absolute atomic E-state index is 13.0. The Morgan fingerprint density at radius 1 is 1.00 bits per heavy atom. The Morgan fingerprint density at radius 3 is 2.00 bits per heavy atom. The average molecular weight is 348 g/mol. The van der Waals surface area contributed by atoms with E-state index < -0.39 is 0 Å². The maximum Gasteiger partial charge on any atom is 0.254 e. The number of hydrogen-bond acceptors (Lipinski definition) is 5. The highest BCUT2D eigenvalue weighted by molar-refractivity contribution is 5.96. The van der Waals surface area contributed by atoms with E-state index in [1.807, 2.05) is 25.7 Å². The predicted octanol–water partition coefficient (Wildman–Crippen LogP) is 2.17. The van der Waals surface area contributed by atoms with Crippen molar-refractivity contribution in [2.24, 2.45) is 11.8 Å². The summed E-state index contributed by atoms with van der Waals surface area (Å²) in [6, 6.07) is 3.57. The highest BCUT2D eigenvalue weighted by Gasteiger charge is 2.38. The molecular formula is C19H28N2O4. The minimum Gasteiger partial charge on any atom is -0.490 e. The third-order valence-electron chi connectivity index (χ3n) is 4.83. The molecule has 2 aliphatic heterocycles. The molecule has 1 aromatic rings. The predicted molar refractivity (Wildman–Crippen MR) is 95.7 cm³/mol. The van der Waals surface area contributed by atoms with Gasteiger partial charge in [-0.05, 0) is 44.7 Å². The lowest BCUT2D eigenvalue weighted by Gasteiger charge is -2.20. The van der Waals surface area contributed by atoms with Gasteiger partial charge in [-0.3, -0.25) is 4.79 Å². The van der Waals surface area contributed by atoms with Crippen molar-refractivity contribution < 1.29 is 19.0 Å². The molecular weight excluding hydrogens is 320 g/mol. The summed E-state index contributed by atoms with van der Waals surface area (Å²) < 4.78 is 17.1. The van der Waals surface area contributed by atoms with E-state index in [9.17, 15) is 4.79 Å². The van der Waals surface area contributed by atoms with Crippen molar-refractivity contribution in [2.75, 3.05) is 46.0 Å². The molecule has 25 heavy (non-hydrogen) atoms. The van der Waals surface area contributed by atoms with E-state index in [0.29, 0.717) is 54.5 Å². The molecule has 0 saturated carbocycles. The molecule has 1 N–H and O–H groups in total. The topological polar surface area (TPSA) is 60.0 Å². The Kier molecular flexibility index (Phi) is 5.68. The zero-order valence-electron chi connectivity index (χ0n) is 15.3. The first-order valence-corrected chi connectivity index (χ1v) is 9.24. The lowest BCUT2D eigenvalue weighted by atomic mass is 10.0. The maximum atomic E-state index is 13.0. The summed E-state index contributed by atoms with van der Waals surface area (Å²) in [4.78, 5) is 15.0. The van der Waals surface area contributed by atoms with Crippen LogP contribution in [0.15, 0.2) is 12.1 Å². The van der Waals surface area contributed by atoms with E-state index in [1.165, 1.54) is 0 Å². The molecule has 2 atom stereocenters. The highest BCUT2D eigenvalue weighted by Crippen LogP contribution is 2.40. The quantitative estimate of drug-likeness (QED) is 0.818. The number of rotatable bonds is 7. The Balaban J connectivity index is 1.88. The lowest BCUT2D eigenvalue weighted by molar-refractivity contribution is 0.0780. The normalized spacial score (nSPS) is 22.0. The number of hydrogen-bond donors (Lipinski definition) is 1. The smallest absolute Gasteiger partial charge is 0.254 e. The minimum absolute atomic E-state index is 0.0411. The van der Waals surface area contributed by atoms with E-state index in [-0.39, 0.29) is 5.91 Å². The molecule has 6 nitrogen and oxygen atoms in total. The van der Waals surface area contributed by atoms with Crippen molar-refractivity contribution in [1.82, 2.24) is 10.2 Å². The fourth-order valence-corrected chi connectivity index (χ4v) is 3.72. The van der Waals surface area contributed by atoms with Crippen molar-refractivity contribution >= 4 is 5.91 Å². The van der Waals surface area contributed by atoms with Crippen LogP contribution in [-0.4, -0.2) is 56.8 Å². The lowest BCUT2D eigenvalue weighted by Crippen LogP contribution is -2.31. The van der Waals surface area contributed by atoms with E-state index in [1.54, 1.807) is 12.1 Å². The van der Waals surface area contributed by atoms with Crippen LogP contribution in [0.25, 0.3) is 0 Å². The summed E-state index contributed by atoms with van der Waals surface area (Å²) in [6.07, 6.45) is 0. The van der Waals surface area contributed by atoms with Crippen LogP contribution in [0.2, 0.25) is 0 Å². The molecule has 2 aliphatic rings. The molecule has 0 unspecified atom stereocenters. The molecule has 1 amide bonds. The van der Waals surface area contributed by atoms with Gasteiger partial charge in [-0.1, -0.05) is 0 Å². The zero-order valence-corrected chi connectivity index (χ0v) is 15.3. The standard InChI is InChI=1S/C19H28N2O4/c1-4-23-16-7-13(8-17(24-5-2)18(16)25-6-3)19(22)21-11-14-9-20-10-15(14)12-21/h7-8,14-15,20H,4-6,9-12H2,1-3H3/t14-,15+. The van der Waals surface area contributed by atoms with E-state index in [0.717, 1.165) is 26.2 Å². The molecule has 2 fully saturated rings. The van der Waals surface area contributed by atoms with Crippen LogP contribution in [0.4, 0.5) is 0 Å². The number of amides is 1. The first kappa shape index (κ1) is 17.9. The van der Waals surface area contributed by atoms with Gasteiger partial charge in [0.1, 0.15) is 0 Å². The molecule has 1 aromatic carbocycles. The molecule has 3 rings (SSSR count). The fraction of sp³-hybridized carbons (Fsp3) is 0.632. The number of likely N-dealkylation sites (tertiary alicyclic amines) is 1. The summed E-state index contributed by atoms with van der Waals surface area (Å²) in [5.41, 5.74) is 0.600. The average Bonchev–Trinajstić information content (AvgIpc) is 3.19. The summed E-state index contributed by atoms with van der Waals surface area (Å²) in [7, 11) is 0. The Labute approximate surface area is 149 Å². The van der Waals surface area contributed by atoms with E-state index in [2.05, 4.69) is 5.32 Å². The van der Waals surface area contributed by atoms with Crippen LogP contribution in [0, 0.1) is 11.8 Å². The second-order valence-corrected chi connectivity index (χ2v) is 6.49. The number of fused-ring (bicyclic) bond motifs is 1. The van der Waals surface area contributed by atoms with Crippen LogP contribution < -0.4 is 19.5 Å². The molecule has 0 spiro atoms. The van der Waals surface area contributed by atoms with E-state index >= 15 is 0 Å². The van der Waals surface area contributed by atoms with Crippen LogP contribution in [-0.2, 0) is 0 Å². The third-order valence-corrected chi connectivity index (χ3v) is 4.83. The molecule has 0 bridgehead atoms. The Morgan fingerprint density at radius 2 is 1.52 bits per heavy atom. The summed E-state index contributed by atoms with van der Waals surface area (Å²) in [5, 5.41) is 3.40. The number of nitrogens with zero attached hydrogens (tertiary/aromatic N) is 1. The van der Waals surface area contributed by atoms with Crippen LogP contribution in [0.5, 0.6) is 17.2 Å². The number of nitrogens with one attached hydrogen (secondary N) is 1. The molecule has 0 radical (unpaired) electrons. The van der Waals surface area contributed by atoms with Gasteiger partial charge in [0, 0.05) is 31.7 Å². The van der Waals surface area contributed by atoms with Gasteiger partial charge in [0.25, 0.3) is 5.91 Å². The van der Waals surface area contributed by atoms with Crippen LogP contribution >= 0.6 is 0 Å². The molecule has 6 heteroatoms. The van der Waals surface area contributed by atoms with Gasteiger partial charge in [0.15, 0.2) is 11.5 Å². The Hall–Kier alpha value is -1.95. The SMILES string of the molecule is CCOc1cc(C(=O)N2C[C@H]3CNC[C@H]3C2)cc(OCC)c1OCC. The number of carbonyl (C=O) groups excluding carboxylic acids is 1. The van der Waals surface area contributed by atoms with Gasteiger partial charge < -0.3 is 24.4 Å². The van der Waals surface area contributed by atoms with Gasteiger partial charge in [-0.25, -0.2) is 0 Å². The van der Waals surface area contributed by atoms with Gasteiger partial charge in [-0.15, -0.1) is 0 Å². The summed E-state index contributed by atoms with van der Waals surface area (Å²) in [5.74, 6) is 2.90. The van der Waals surface area contributed by atoms with E-state index in [4.69, 9.17) is 14.2 Å². The number of carbonyl (C=O) groups is 1. The van der Waals surface area contributed by atoms with Gasteiger partial charge in [0.05, 0.1) is 19.8 Å². The number of benzene rings is 1. The Bertz CT molecular complexity index is 580. The van der Waals surface area contributed by atoms with Gasteiger partial charge >= 0.3 is 0 Å². The second-order valence-electron chi connectivity index (χ2n) is 6.49. The molecule has 2 saturated heterocycles. The highest BCUT2D eigenvalue weighted by atomic mass is 16.5. The van der Waals surface area contributed by atoms with Crippen LogP contribution in [0.3, 0.4) is 0 Å². The minimum atomic E-state index is 0.0411. The molecule has 2 heterocycles. The molecule has 0 aliphatic carbocycles. The van der Waals surface area contributed by atoms with Crippen molar-refractivity contribution in [1.29, 1.82) is 0 Å². The molecule has 138 valence electrons.